The minimum Gasteiger partial charge on any atom is -0.486 e. The van der Waals surface area contributed by atoms with Gasteiger partial charge in [0.05, 0.1) is 0 Å². The number of carbonyl (C=O) groups is 2. The maximum absolute atomic E-state index is 13.1. The molecule has 2 heterocycles. The van der Waals surface area contributed by atoms with Crippen molar-refractivity contribution in [2.45, 2.75) is 32.4 Å². The van der Waals surface area contributed by atoms with Gasteiger partial charge in [-0.25, -0.2) is 0 Å². The van der Waals surface area contributed by atoms with Crippen LogP contribution in [-0.2, 0) is 16.1 Å². The lowest BCUT2D eigenvalue weighted by atomic mass is 10.1. The predicted octanol–water partition coefficient (Wildman–Crippen LogP) is 3.24. The third-order valence-corrected chi connectivity index (χ3v) is 5.25. The molecule has 0 radical (unpaired) electrons. The molecule has 0 aliphatic carbocycles. The normalized spacial score (nSPS) is 17.4. The van der Waals surface area contributed by atoms with Gasteiger partial charge in [-0.05, 0) is 55.7 Å². The molecule has 0 saturated carbocycles. The van der Waals surface area contributed by atoms with Gasteiger partial charge in [-0.2, -0.15) is 0 Å². The number of carbonyl (C=O) groups excluding carboxylic acids is 2. The Morgan fingerprint density at radius 2 is 1.90 bits per heavy atom. The molecule has 1 saturated heterocycles. The quantitative estimate of drug-likeness (QED) is 0.791. The van der Waals surface area contributed by atoms with E-state index >= 15 is 0 Å². The lowest BCUT2D eigenvalue weighted by Crippen LogP contribution is -2.30. The highest BCUT2D eigenvalue weighted by Gasteiger charge is 2.24. The zero-order valence-corrected chi connectivity index (χ0v) is 17.1. The number of ether oxygens (including phenoxy) is 3. The van der Waals surface area contributed by atoms with Crippen molar-refractivity contribution in [1.29, 1.82) is 0 Å². The Kier molecular flexibility index (Phi) is 6.18. The molecule has 0 bridgehead atoms. The van der Waals surface area contributed by atoms with E-state index in [-0.39, 0.29) is 11.8 Å². The van der Waals surface area contributed by atoms with E-state index in [1.165, 1.54) is 0 Å². The number of anilines is 1. The number of nitrogens with zero attached hydrogens (tertiary/aromatic N) is 1. The van der Waals surface area contributed by atoms with Crippen LogP contribution < -0.4 is 14.8 Å². The van der Waals surface area contributed by atoms with Gasteiger partial charge in [-0.1, -0.05) is 12.1 Å². The van der Waals surface area contributed by atoms with Crippen LogP contribution in [0.2, 0.25) is 0 Å². The smallest absolute Gasteiger partial charge is 0.254 e. The molecular weight excluding hydrogens is 384 g/mol. The van der Waals surface area contributed by atoms with E-state index in [4.69, 9.17) is 14.2 Å². The van der Waals surface area contributed by atoms with Crippen LogP contribution in [0.15, 0.2) is 42.5 Å². The monoisotopic (exact) mass is 410 g/mol. The first kappa shape index (κ1) is 20.2. The average Bonchev–Trinajstić information content (AvgIpc) is 3.32. The minimum absolute atomic E-state index is 0.0967. The van der Waals surface area contributed by atoms with Crippen molar-refractivity contribution in [2.75, 3.05) is 31.7 Å². The van der Waals surface area contributed by atoms with Gasteiger partial charge in [0.25, 0.3) is 11.8 Å². The highest BCUT2D eigenvalue weighted by molar-refractivity contribution is 5.98. The molecule has 158 valence electrons. The molecule has 2 aromatic rings. The van der Waals surface area contributed by atoms with Gasteiger partial charge in [0.15, 0.2) is 11.5 Å². The Labute approximate surface area is 175 Å². The summed E-state index contributed by atoms with van der Waals surface area (Å²) in [4.78, 5) is 27.1. The molecule has 0 unspecified atom stereocenters. The number of hydrogen-bond acceptors (Lipinski definition) is 5. The van der Waals surface area contributed by atoms with Crippen LogP contribution in [0.4, 0.5) is 5.69 Å². The Bertz CT molecular complexity index is 924. The molecule has 4 rings (SSSR count). The Balaban J connectivity index is 1.45. The summed E-state index contributed by atoms with van der Waals surface area (Å²) in [5.41, 5.74) is 2.09. The molecule has 30 heavy (non-hydrogen) atoms. The molecule has 0 spiro atoms. The van der Waals surface area contributed by atoms with Crippen molar-refractivity contribution in [2.24, 2.45) is 0 Å². The second-order valence-corrected chi connectivity index (χ2v) is 7.37. The molecule has 2 aliphatic rings. The topological polar surface area (TPSA) is 77.1 Å². The zero-order chi connectivity index (χ0) is 20.9. The summed E-state index contributed by atoms with van der Waals surface area (Å²) in [7, 11) is 0. The van der Waals surface area contributed by atoms with Crippen LogP contribution in [0.5, 0.6) is 11.5 Å². The highest BCUT2D eigenvalue weighted by atomic mass is 16.6. The third-order valence-electron chi connectivity index (χ3n) is 5.25. The molecule has 1 fully saturated rings. The van der Waals surface area contributed by atoms with E-state index in [9.17, 15) is 9.59 Å². The van der Waals surface area contributed by atoms with Crippen LogP contribution in [0.3, 0.4) is 0 Å². The SMILES string of the molecule is CCN(Cc1ccc2c(c1)OCCO2)C(=O)c1cccc(NC(=O)[C@@H]2CCCO2)c1. The minimum atomic E-state index is -0.410. The van der Waals surface area contributed by atoms with Gasteiger partial charge < -0.3 is 24.4 Å². The van der Waals surface area contributed by atoms with Crippen LogP contribution in [-0.4, -0.2) is 49.2 Å². The van der Waals surface area contributed by atoms with Crippen LogP contribution in [0.25, 0.3) is 0 Å². The van der Waals surface area contributed by atoms with Gasteiger partial charge in [0, 0.05) is 30.9 Å². The van der Waals surface area contributed by atoms with Crippen molar-refractivity contribution >= 4 is 17.5 Å². The summed E-state index contributed by atoms with van der Waals surface area (Å²) in [5.74, 6) is 1.18. The Morgan fingerprint density at radius 3 is 2.67 bits per heavy atom. The molecule has 2 aromatic carbocycles. The number of amides is 2. The van der Waals surface area contributed by atoms with Crippen molar-refractivity contribution in [3.63, 3.8) is 0 Å². The number of hydrogen-bond donors (Lipinski definition) is 1. The van der Waals surface area contributed by atoms with E-state index in [2.05, 4.69) is 5.32 Å². The van der Waals surface area contributed by atoms with Gasteiger partial charge >= 0.3 is 0 Å². The molecule has 2 aliphatic heterocycles. The van der Waals surface area contributed by atoms with Crippen LogP contribution in [0, 0.1) is 0 Å². The lowest BCUT2D eigenvalue weighted by molar-refractivity contribution is -0.124. The van der Waals surface area contributed by atoms with Crippen molar-refractivity contribution < 1.29 is 23.8 Å². The van der Waals surface area contributed by atoms with Crippen molar-refractivity contribution in [3.8, 4) is 11.5 Å². The Morgan fingerprint density at radius 1 is 1.07 bits per heavy atom. The molecular formula is C23H26N2O5. The maximum atomic E-state index is 13.1. The largest absolute Gasteiger partial charge is 0.486 e. The summed E-state index contributed by atoms with van der Waals surface area (Å²) in [6.45, 7) is 4.64. The lowest BCUT2D eigenvalue weighted by Gasteiger charge is -2.23. The third kappa shape index (κ3) is 4.57. The molecule has 2 amide bonds. The second kappa shape index (κ2) is 9.17. The first-order chi connectivity index (χ1) is 14.6. The van der Waals surface area contributed by atoms with Gasteiger partial charge in [-0.15, -0.1) is 0 Å². The fraction of sp³-hybridized carbons (Fsp3) is 0.391. The fourth-order valence-corrected chi connectivity index (χ4v) is 3.65. The number of nitrogens with one attached hydrogen (secondary N) is 1. The number of rotatable bonds is 6. The number of benzene rings is 2. The van der Waals surface area contributed by atoms with Crippen LogP contribution in [0.1, 0.15) is 35.7 Å². The summed E-state index contributed by atoms with van der Waals surface area (Å²) >= 11 is 0. The summed E-state index contributed by atoms with van der Waals surface area (Å²) in [6.07, 6.45) is 1.21. The summed E-state index contributed by atoms with van der Waals surface area (Å²) in [5, 5.41) is 2.85. The predicted molar refractivity (Wildman–Crippen MR) is 112 cm³/mol. The Hall–Kier alpha value is -3.06. The van der Waals surface area contributed by atoms with E-state index in [0.29, 0.717) is 49.9 Å². The summed E-state index contributed by atoms with van der Waals surface area (Å²) in [6, 6.07) is 12.8. The standard InChI is InChI=1S/C23H26N2O5/c1-2-25(15-16-8-9-19-21(13-16)30-12-11-29-19)23(27)17-5-3-6-18(14-17)24-22(26)20-7-4-10-28-20/h3,5-6,8-9,13-14,20H,2,4,7,10-12,15H2,1H3,(H,24,26)/t20-/m0/s1. The maximum Gasteiger partial charge on any atom is 0.254 e. The van der Waals surface area contributed by atoms with Gasteiger partial charge in [-0.3, -0.25) is 9.59 Å². The summed E-state index contributed by atoms with van der Waals surface area (Å²) < 4.78 is 16.6. The fourth-order valence-electron chi connectivity index (χ4n) is 3.65. The number of fused-ring (bicyclic) bond motifs is 1. The van der Waals surface area contributed by atoms with Crippen LogP contribution >= 0.6 is 0 Å². The van der Waals surface area contributed by atoms with E-state index in [1.807, 2.05) is 25.1 Å². The first-order valence-corrected chi connectivity index (χ1v) is 10.3. The van der Waals surface area contributed by atoms with E-state index in [1.54, 1.807) is 29.2 Å². The molecule has 1 N–H and O–H groups in total. The van der Waals surface area contributed by atoms with E-state index < -0.39 is 6.10 Å². The molecule has 7 heteroatoms. The second-order valence-electron chi connectivity index (χ2n) is 7.37. The van der Waals surface area contributed by atoms with Crippen molar-refractivity contribution in [1.82, 2.24) is 4.90 Å². The first-order valence-electron chi connectivity index (χ1n) is 10.3. The molecule has 7 nitrogen and oxygen atoms in total. The van der Waals surface area contributed by atoms with Gasteiger partial charge in [0.2, 0.25) is 0 Å². The molecule has 0 aromatic heterocycles. The highest BCUT2D eigenvalue weighted by Crippen LogP contribution is 2.31. The average molecular weight is 410 g/mol. The van der Waals surface area contributed by atoms with Gasteiger partial charge in [0.1, 0.15) is 19.3 Å². The van der Waals surface area contributed by atoms with E-state index in [0.717, 1.165) is 24.2 Å². The van der Waals surface area contributed by atoms with Crippen molar-refractivity contribution in [3.05, 3.63) is 53.6 Å². The molecule has 1 atom stereocenters. The zero-order valence-electron chi connectivity index (χ0n) is 17.1.